The third kappa shape index (κ3) is 11.5. The molecule has 0 aliphatic carbocycles. The minimum absolute atomic E-state index is 0.277. The summed E-state index contributed by atoms with van der Waals surface area (Å²) >= 11 is 0. The maximum Gasteiger partial charge on any atom is 0.534 e. The van der Waals surface area contributed by atoms with E-state index in [0.717, 1.165) is 6.08 Å². The maximum absolute atomic E-state index is 13.6. The van der Waals surface area contributed by atoms with E-state index in [4.69, 9.17) is 23.7 Å². The largest absolute Gasteiger partial charge is 0.534 e. The van der Waals surface area contributed by atoms with Gasteiger partial charge in [0.2, 0.25) is 0 Å². The average Bonchev–Trinajstić information content (AvgIpc) is 2.94. The molecule has 300 valence electrons. The number of esters is 4. The van der Waals surface area contributed by atoms with Crippen molar-refractivity contribution < 1.29 is 68.6 Å². The van der Waals surface area contributed by atoms with Gasteiger partial charge in [0.25, 0.3) is 0 Å². The second-order valence-electron chi connectivity index (χ2n) is 17.6. The molecule has 1 saturated heterocycles. The first kappa shape index (κ1) is 45.2. The van der Waals surface area contributed by atoms with Crippen LogP contribution in [0.2, 0.25) is 0 Å². The summed E-state index contributed by atoms with van der Waals surface area (Å²) in [6.07, 6.45) is -6.48. The Morgan fingerprint density at radius 1 is 0.750 bits per heavy atom. The Kier molecular flexibility index (Phi) is 13.8. The summed E-state index contributed by atoms with van der Waals surface area (Å²) < 4.78 is 98.2. The zero-order valence-electron chi connectivity index (χ0n) is 32.6. The molecule has 0 bridgehead atoms. The molecule has 2 rings (SSSR count). The van der Waals surface area contributed by atoms with E-state index in [1.165, 1.54) is 0 Å². The van der Waals surface area contributed by atoms with Gasteiger partial charge in [-0.15, -0.1) is 0 Å². The molecule has 0 aromatic rings. The molecule has 0 aromatic heterocycles. The Bertz CT molecular complexity index is 1460. The zero-order chi connectivity index (χ0) is 40.6. The highest BCUT2D eigenvalue weighted by Crippen LogP contribution is 2.39. The van der Waals surface area contributed by atoms with Gasteiger partial charge >= 0.3 is 39.5 Å². The smallest absolute Gasteiger partial charge is 0.462 e. The Hall–Kier alpha value is -2.92. The van der Waals surface area contributed by atoms with E-state index in [9.17, 15) is 40.8 Å². The highest BCUT2D eigenvalue weighted by Gasteiger charge is 2.57. The van der Waals surface area contributed by atoms with Crippen molar-refractivity contribution in [2.75, 3.05) is 13.2 Å². The first-order valence-corrected chi connectivity index (χ1v) is 18.5. The Morgan fingerprint density at radius 3 is 1.58 bits per heavy atom. The van der Waals surface area contributed by atoms with E-state index in [-0.39, 0.29) is 13.0 Å². The van der Waals surface area contributed by atoms with Crippen LogP contribution in [0.25, 0.3) is 0 Å². The van der Waals surface area contributed by atoms with Crippen molar-refractivity contribution >= 4 is 34.0 Å². The Morgan fingerprint density at radius 2 is 1.17 bits per heavy atom. The zero-order valence-corrected chi connectivity index (χ0v) is 33.4. The minimum Gasteiger partial charge on any atom is -0.462 e. The van der Waals surface area contributed by atoms with E-state index < -0.39 is 116 Å². The van der Waals surface area contributed by atoms with E-state index in [1.54, 1.807) is 102 Å². The maximum atomic E-state index is 13.6. The first-order chi connectivity index (χ1) is 23.2. The SMILES string of the molecule is CC(C)[C@@H]1CC(OS(=O)(=O)C(F)(F)F)=CCN1[C@@H]1O[C@H](COC(=O)C(C)(C)C)[C@H](OC(=O)C(C)(C)C)[C@H](OC(=O)C(C)(C)C)[C@H]1OC(=O)C(C)(C)C. The summed E-state index contributed by atoms with van der Waals surface area (Å²) in [5.41, 5.74) is -9.91. The summed E-state index contributed by atoms with van der Waals surface area (Å²) in [6.45, 7) is 21.8. The molecule has 1 fully saturated rings. The van der Waals surface area contributed by atoms with E-state index in [2.05, 4.69) is 4.18 Å². The number of rotatable bonds is 9. The van der Waals surface area contributed by atoms with Crippen molar-refractivity contribution in [3.63, 3.8) is 0 Å². The lowest BCUT2D eigenvalue weighted by atomic mass is 9.89. The molecular weight excluding hydrogens is 715 g/mol. The second-order valence-corrected chi connectivity index (χ2v) is 19.2. The quantitative estimate of drug-likeness (QED) is 0.122. The average molecular weight is 772 g/mol. The van der Waals surface area contributed by atoms with Crippen molar-refractivity contribution in [3.05, 3.63) is 11.8 Å². The van der Waals surface area contributed by atoms with Gasteiger partial charge in [-0.3, -0.25) is 24.1 Å². The van der Waals surface area contributed by atoms with Gasteiger partial charge in [0.15, 0.2) is 24.5 Å². The summed E-state index contributed by atoms with van der Waals surface area (Å²) in [7, 11) is -5.98. The number of carbonyl (C=O) groups is 4. The molecule has 0 unspecified atom stereocenters. The molecular formula is C35H56F3NO12S. The normalized spacial score (nSPS) is 25.5. The van der Waals surface area contributed by atoms with Gasteiger partial charge in [0.05, 0.1) is 21.7 Å². The first-order valence-electron chi connectivity index (χ1n) is 17.1. The number of hydrogen-bond donors (Lipinski definition) is 0. The van der Waals surface area contributed by atoms with Gasteiger partial charge in [0, 0.05) is 19.0 Å². The van der Waals surface area contributed by atoms with Gasteiger partial charge in [-0.25, -0.2) is 0 Å². The van der Waals surface area contributed by atoms with Crippen LogP contribution in [0, 0.1) is 27.6 Å². The van der Waals surface area contributed by atoms with Crippen LogP contribution in [0.3, 0.4) is 0 Å². The van der Waals surface area contributed by atoms with Crippen molar-refractivity contribution in [1.82, 2.24) is 4.90 Å². The van der Waals surface area contributed by atoms with Crippen LogP contribution in [-0.4, -0.2) is 92.5 Å². The van der Waals surface area contributed by atoms with Crippen molar-refractivity contribution in [2.45, 2.75) is 146 Å². The number of nitrogens with zero attached hydrogens (tertiary/aromatic N) is 1. The summed E-state index contributed by atoms with van der Waals surface area (Å²) in [5.74, 6) is -3.74. The highest BCUT2D eigenvalue weighted by atomic mass is 32.2. The standard InChI is InChI=1S/C35H56F3NO12S/c1-19(2)21-17-20(51-52(44,45)35(36,37)38)15-16-39(21)26-25(50-30(43)34(12,13)14)24(49-29(42)33(9,10)11)23(48-28(41)32(6,7)8)22(47-26)18-46-27(40)31(3,4)5/h15,19,21-26H,16-18H2,1-14H3/t21-,22+,23-,24-,25+,26+/m0/s1. The van der Waals surface area contributed by atoms with Crippen LogP contribution in [-0.2, 0) is 57.2 Å². The third-order valence-electron chi connectivity index (χ3n) is 8.13. The van der Waals surface area contributed by atoms with Crippen molar-refractivity contribution in [1.29, 1.82) is 0 Å². The van der Waals surface area contributed by atoms with Crippen LogP contribution in [0.4, 0.5) is 13.2 Å². The number of alkyl halides is 3. The van der Waals surface area contributed by atoms with Gasteiger partial charge in [-0.1, -0.05) is 13.8 Å². The molecule has 2 heterocycles. The summed E-state index contributed by atoms with van der Waals surface area (Å²) in [6, 6.07) is -0.797. The Balaban J connectivity index is 2.86. The molecule has 13 nitrogen and oxygen atoms in total. The monoisotopic (exact) mass is 771 g/mol. The van der Waals surface area contributed by atoms with Gasteiger partial charge in [-0.05, 0) is 95.1 Å². The topological polar surface area (TPSA) is 161 Å². The van der Waals surface area contributed by atoms with E-state index >= 15 is 0 Å². The lowest BCUT2D eigenvalue weighted by molar-refractivity contribution is -0.288. The fraction of sp³-hybridized carbons (Fsp3) is 0.829. The van der Waals surface area contributed by atoms with E-state index in [0.29, 0.717) is 0 Å². The number of ether oxygens (including phenoxy) is 5. The number of carbonyl (C=O) groups excluding carboxylic acids is 4. The highest BCUT2D eigenvalue weighted by molar-refractivity contribution is 7.87. The van der Waals surface area contributed by atoms with Crippen LogP contribution in [0.1, 0.15) is 103 Å². The van der Waals surface area contributed by atoms with Crippen LogP contribution in [0.5, 0.6) is 0 Å². The lowest BCUT2D eigenvalue weighted by Crippen LogP contribution is -2.68. The summed E-state index contributed by atoms with van der Waals surface area (Å²) in [5, 5.41) is 0. The summed E-state index contributed by atoms with van der Waals surface area (Å²) in [4.78, 5) is 55.2. The molecule has 6 atom stereocenters. The van der Waals surface area contributed by atoms with E-state index in [1.807, 2.05) is 0 Å². The Labute approximate surface area is 305 Å². The minimum atomic E-state index is -5.98. The molecule has 0 amide bonds. The van der Waals surface area contributed by atoms with Crippen LogP contribution < -0.4 is 0 Å². The third-order valence-corrected chi connectivity index (χ3v) is 9.13. The van der Waals surface area contributed by atoms with Crippen LogP contribution >= 0.6 is 0 Å². The van der Waals surface area contributed by atoms with Gasteiger partial charge in [-0.2, -0.15) is 21.6 Å². The molecule has 0 saturated carbocycles. The molecule has 0 spiro atoms. The lowest BCUT2D eigenvalue weighted by Gasteiger charge is -2.51. The molecule has 0 aromatic carbocycles. The second kappa shape index (κ2) is 15.8. The fourth-order valence-electron chi connectivity index (χ4n) is 4.89. The van der Waals surface area contributed by atoms with Crippen molar-refractivity contribution in [3.8, 4) is 0 Å². The van der Waals surface area contributed by atoms with Gasteiger partial charge < -0.3 is 27.9 Å². The molecule has 2 aliphatic heterocycles. The number of halogens is 3. The van der Waals surface area contributed by atoms with Gasteiger partial charge in [0.1, 0.15) is 18.5 Å². The molecule has 52 heavy (non-hydrogen) atoms. The number of hydrogen-bond acceptors (Lipinski definition) is 13. The van der Waals surface area contributed by atoms with Crippen molar-refractivity contribution in [2.24, 2.45) is 27.6 Å². The van der Waals surface area contributed by atoms with Crippen LogP contribution in [0.15, 0.2) is 11.8 Å². The molecule has 0 N–H and O–H groups in total. The fourth-order valence-corrected chi connectivity index (χ4v) is 5.40. The predicted molar refractivity (Wildman–Crippen MR) is 181 cm³/mol. The molecule has 17 heteroatoms. The predicted octanol–water partition coefficient (Wildman–Crippen LogP) is 5.65. The molecule has 0 radical (unpaired) electrons. The molecule has 2 aliphatic rings.